The fourth-order valence-electron chi connectivity index (χ4n) is 4.57. The number of aromatic nitrogens is 3. The minimum Gasteiger partial charge on any atom is -0.465 e. The van der Waals surface area contributed by atoms with Gasteiger partial charge in [0.1, 0.15) is 11.3 Å². The number of urea groups is 1. The Morgan fingerprint density at radius 2 is 1.78 bits per heavy atom. The molecular weight excluding hydrogens is 468 g/mol. The highest BCUT2D eigenvalue weighted by atomic mass is 16.5. The number of pyridine rings is 1. The Bertz CT molecular complexity index is 1410. The summed E-state index contributed by atoms with van der Waals surface area (Å²) in [7, 11) is 1.33. The van der Waals surface area contributed by atoms with E-state index in [4.69, 9.17) is 9.72 Å². The van der Waals surface area contributed by atoms with Crippen molar-refractivity contribution in [3.8, 4) is 5.69 Å². The molecule has 190 valence electrons. The topological polar surface area (TPSA) is 92.6 Å². The van der Waals surface area contributed by atoms with Crippen LogP contribution in [-0.2, 0) is 17.7 Å². The number of rotatable bonds is 6. The number of esters is 1. The van der Waals surface area contributed by atoms with Crippen LogP contribution in [0.3, 0.4) is 0 Å². The highest BCUT2D eigenvalue weighted by Crippen LogP contribution is 2.22. The van der Waals surface area contributed by atoms with Crippen LogP contribution in [0, 0.1) is 0 Å². The van der Waals surface area contributed by atoms with Crippen molar-refractivity contribution in [1.29, 1.82) is 0 Å². The molecule has 37 heavy (non-hydrogen) atoms. The van der Waals surface area contributed by atoms with Gasteiger partial charge in [-0.05, 0) is 54.4 Å². The number of benzene rings is 2. The summed E-state index contributed by atoms with van der Waals surface area (Å²) < 4.78 is 6.89. The number of methoxy groups -OCH3 is 1. The van der Waals surface area contributed by atoms with Gasteiger partial charge >= 0.3 is 12.0 Å². The van der Waals surface area contributed by atoms with Gasteiger partial charge in [-0.1, -0.05) is 25.1 Å². The number of nitrogens with zero attached hydrogens (tertiary/aromatic N) is 5. The van der Waals surface area contributed by atoms with E-state index in [0.717, 1.165) is 42.2 Å². The van der Waals surface area contributed by atoms with Crippen molar-refractivity contribution in [2.45, 2.75) is 19.9 Å². The highest BCUT2D eigenvalue weighted by Gasteiger charge is 2.24. The molecule has 9 nitrogen and oxygen atoms in total. The van der Waals surface area contributed by atoms with Crippen molar-refractivity contribution in [3.63, 3.8) is 0 Å². The SMILES string of the molecule is CCc1ccc(-n2c(CN3CCN(C(=O)Nc4cccc(C(=O)OC)c4)CC3)nc3cccnc32)cc1. The van der Waals surface area contributed by atoms with Gasteiger partial charge in [0.25, 0.3) is 0 Å². The summed E-state index contributed by atoms with van der Waals surface area (Å²) in [4.78, 5) is 38.2. The number of carbonyl (C=O) groups is 2. The van der Waals surface area contributed by atoms with Crippen molar-refractivity contribution in [2.75, 3.05) is 38.6 Å². The summed E-state index contributed by atoms with van der Waals surface area (Å²) in [6.07, 6.45) is 2.79. The van der Waals surface area contributed by atoms with Gasteiger partial charge < -0.3 is 15.0 Å². The lowest BCUT2D eigenvalue weighted by Crippen LogP contribution is -2.49. The summed E-state index contributed by atoms with van der Waals surface area (Å²) in [5.41, 5.74) is 4.99. The molecule has 1 aliphatic heterocycles. The van der Waals surface area contributed by atoms with Crippen LogP contribution >= 0.6 is 0 Å². The number of fused-ring (bicyclic) bond motifs is 1. The van der Waals surface area contributed by atoms with E-state index in [1.54, 1.807) is 35.4 Å². The summed E-state index contributed by atoms with van der Waals surface area (Å²) in [6, 6.07) is 19.0. The van der Waals surface area contributed by atoms with Gasteiger partial charge in [-0.2, -0.15) is 0 Å². The molecule has 0 aliphatic carbocycles. The normalized spacial score (nSPS) is 14.1. The number of hydrogen-bond acceptors (Lipinski definition) is 6. The standard InChI is InChI=1S/C28H30N6O3/c1-3-20-9-11-23(12-10-20)34-25(31-24-8-5-13-29-26(24)34)19-32-14-16-33(17-15-32)28(36)30-22-7-4-6-21(18-22)27(35)37-2/h4-13,18H,3,14-17,19H2,1-2H3,(H,30,36). The average Bonchev–Trinajstić information content (AvgIpc) is 3.30. The predicted molar refractivity (Wildman–Crippen MR) is 142 cm³/mol. The molecule has 3 heterocycles. The molecule has 1 aliphatic rings. The lowest BCUT2D eigenvalue weighted by Gasteiger charge is -2.34. The second-order valence-corrected chi connectivity index (χ2v) is 9.00. The number of ether oxygens (including phenoxy) is 1. The number of aryl methyl sites for hydroxylation is 1. The lowest BCUT2D eigenvalue weighted by molar-refractivity contribution is 0.0600. The van der Waals surface area contributed by atoms with Crippen molar-refractivity contribution >= 4 is 28.9 Å². The molecule has 1 saturated heterocycles. The zero-order valence-corrected chi connectivity index (χ0v) is 21.1. The first kappa shape index (κ1) is 24.5. The van der Waals surface area contributed by atoms with Gasteiger partial charge in [-0.15, -0.1) is 0 Å². The third-order valence-corrected chi connectivity index (χ3v) is 6.65. The lowest BCUT2D eigenvalue weighted by atomic mass is 10.1. The maximum atomic E-state index is 12.8. The quantitative estimate of drug-likeness (QED) is 0.402. The Labute approximate surface area is 215 Å². The molecule has 5 rings (SSSR count). The van der Waals surface area contributed by atoms with Gasteiger partial charge in [0.2, 0.25) is 0 Å². The zero-order valence-electron chi connectivity index (χ0n) is 21.1. The summed E-state index contributed by atoms with van der Waals surface area (Å²) >= 11 is 0. The molecule has 9 heteroatoms. The number of nitrogens with one attached hydrogen (secondary N) is 1. The molecule has 4 aromatic rings. The van der Waals surface area contributed by atoms with E-state index in [1.807, 2.05) is 12.1 Å². The summed E-state index contributed by atoms with van der Waals surface area (Å²) in [6.45, 7) is 5.43. The molecule has 1 N–H and O–H groups in total. The van der Waals surface area contributed by atoms with Crippen LogP contribution in [0.4, 0.5) is 10.5 Å². The molecule has 0 saturated carbocycles. The van der Waals surface area contributed by atoms with E-state index < -0.39 is 5.97 Å². The number of imidazole rings is 1. The molecule has 0 bridgehead atoms. The third-order valence-electron chi connectivity index (χ3n) is 6.65. The molecular formula is C28H30N6O3. The Balaban J connectivity index is 1.26. The van der Waals surface area contributed by atoms with Gasteiger partial charge in [-0.25, -0.2) is 19.6 Å². The molecule has 2 aromatic carbocycles. The molecule has 2 aromatic heterocycles. The van der Waals surface area contributed by atoms with Crippen molar-refractivity contribution in [2.24, 2.45) is 0 Å². The van der Waals surface area contributed by atoms with E-state index in [9.17, 15) is 9.59 Å². The molecule has 1 fully saturated rings. The molecule has 0 radical (unpaired) electrons. The van der Waals surface area contributed by atoms with Crippen LogP contribution in [0.5, 0.6) is 0 Å². The van der Waals surface area contributed by atoms with Crippen LogP contribution in [0.15, 0.2) is 66.9 Å². The van der Waals surface area contributed by atoms with E-state index in [2.05, 4.69) is 51.0 Å². The Morgan fingerprint density at radius 1 is 1.00 bits per heavy atom. The minimum atomic E-state index is -0.438. The van der Waals surface area contributed by atoms with E-state index in [-0.39, 0.29) is 6.03 Å². The monoisotopic (exact) mass is 498 g/mol. The average molecular weight is 499 g/mol. The van der Waals surface area contributed by atoms with Crippen LogP contribution in [0.2, 0.25) is 0 Å². The smallest absolute Gasteiger partial charge is 0.337 e. The van der Waals surface area contributed by atoms with Gasteiger partial charge in [0.05, 0.1) is 19.2 Å². The maximum absolute atomic E-state index is 12.8. The number of piperazine rings is 1. The third kappa shape index (κ3) is 5.31. The maximum Gasteiger partial charge on any atom is 0.337 e. The fourth-order valence-corrected chi connectivity index (χ4v) is 4.57. The van der Waals surface area contributed by atoms with E-state index in [1.165, 1.54) is 12.7 Å². The highest BCUT2D eigenvalue weighted by molar-refractivity contribution is 5.94. The number of anilines is 1. The van der Waals surface area contributed by atoms with Gasteiger partial charge in [0, 0.05) is 43.8 Å². The second-order valence-electron chi connectivity index (χ2n) is 9.00. The first-order valence-corrected chi connectivity index (χ1v) is 12.4. The van der Waals surface area contributed by atoms with Crippen LogP contribution in [0.1, 0.15) is 28.7 Å². The Morgan fingerprint density at radius 3 is 2.51 bits per heavy atom. The fraction of sp³-hybridized carbons (Fsp3) is 0.286. The van der Waals surface area contributed by atoms with Gasteiger partial charge in [0.15, 0.2) is 5.65 Å². The summed E-state index contributed by atoms with van der Waals surface area (Å²) in [5.74, 6) is 0.489. The Kier molecular flexibility index (Phi) is 7.14. The molecule has 0 unspecified atom stereocenters. The minimum absolute atomic E-state index is 0.186. The van der Waals surface area contributed by atoms with Crippen LogP contribution in [0.25, 0.3) is 16.9 Å². The number of carbonyl (C=O) groups excluding carboxylic acids is 2. The van der Waals surface area contributed by atoms with Crippen LogP contribution in [-0.4, -0.2) is 69.6 Å². The predicted octanol–water partition coefficient (Wildman–Crippen LogP) is 4.12. The van der Waals surface area contributed by atoms with Gasteiger partial charge in [-0.3, -0.25) is 9.47 Å². The van der Waals surface area contributed by atoms with Crippen LogP contribution < -0.4 is 5.32 Å². The van der Waals surface area contributed by atoms with E-state index in [0.29, 0.717) is 30.9 Å². The largest absolute Gasteiger partial charge is 0.465 e. The number of amides is 2. The Hall–Kier alpha value is -4.24. The molecule has 0 spiro atoms. The summed E-state index contributed by atoms with van der Waals surface area (Å²) in [5, 5.41) is 2.89. The first-order valence-electron chi connectivity index (χ1n) is 12.4. The second kappa shape index (κ2) is 10.8. The van der Waals surface area contributed by atoms with E-state index >= 15 is 0 Å². The first-order chi connectivity index (χ1) is 18.1. The number of hydrogen-bond donors (Lipinski definition) is 1. The van der Waals surface area contributed by atoms with Crippen molar-refractivity contribution < 1.29 is 14.3 Å². The molecule has 0 atom stereocenters. The zero-order chi connectivity index (χ0) is 25.8. The molecule has 2 amide bonds. The van der Waals surface area contributed by atoms with Crippen molar-refractivity contribution in [1.82, 2.24) is 24.3 Å². The van der Waals surface area contributed by atoms with Crippen molar-refractivity contribution in [3.05, 3.63) is 83.8 Å².